The number of aryl methyl sites for hydroxylation is 2. The van der Waals surface area contributed by atoms with Crippen LogP contribution in [0.3, 0.4) is 0 Å². The van der Waals surface area contributed by atoms with Gasteiger partial charge in [0.2, 0.25) is 0 Å². The zero-order valence-electron chi connectivity index (χ0n) is 15.2. The van der Waals surface area contributed by atoms with Crippen LogP contribution in [0.4, 0.5) is 10.5 Å². The van der Waals surface area contributed by atoms with E-state index in [0.29, 0.717) is 0 Å². The van der Waals surface area contributed by atoms with E-state index in [-0.39, 0.29) is 18.4 Å². The van der Waals surface area contributed by atoms with Gasteiger partial charge in [-0.2, -0.15) is 5.32 Å². The minimum atomic E-state index is -0.185. The zero-order chi connectivity index (χ0) is 16.8. The second-order valence-corrected chi connectivity index (χ2v) is 6.47. The number of benzene rings is 1. The van der Waals surface area contributed by atoms with Crippen molar-refractivity contribution in [3.63, 3.8) is 0 Å². The van der Waals surface area contributed by atoms with E-state index in [9.17, 15) is 4.79 Å². The number of anilines is 1. The summed E-state index contributed by atoms with van der Waals surface area (Å²) in [5.41, 5.74) is 3.03. The highest BCUT2D eigenvalue weighted by molar-refractivity contribution is 6.01. The van der Waals surface area contributed by atoms with Gasteiger partial charge in [-0.1, -0.05) is 31.0 Å². The van der Waals surface area contributed by atoms with Crippen LogP contribution in [-0.2, 0) is 0 Å². The molecule has 6 heteroatoms. The molecule has 0 saturated carbocycles. The van der Waals surface area contributed by atoms with Crippen LogP contribution in [0, 0.1) is 13.8 Å². The van der Waals surface area contributed by atoms with Crippen molar-refractivity contribution in [3.8, 4) is 0 Å². The SMILES string of the molecule is Cc1cccc(C)c1NC(=O)NC(N1CCCCCC1)=[N+](C)C.Cl. The van der Waals surface area contributed by atoms with E-state index in [4.69, 9.17) is 0 Å². The number of para-hydroxylation sites is 1. The van der Waals surface area contributed by atoms with E-state index >= 15 is 0 Å². The fourth-order valence-electron chi connectivity index (χ4n) is 3.01. The monoisotopic (exact) mass is 353 g/mol. The first-order valence-electron chi connectivity index (χ1n) is 8.42. The van der Waals surface area contributed by atoms with Crippen molar-refractivity contribution in [2.75, 3.05) is 32.5 Å². The van der Waals surface area contributed by atoms with Crippen molar-refractivity contribution >= 4 is 30.1 Å². The summed E-state index contributed by atoms with van der Waals surface area (Å²) in [6, 6.07) is 5.83. The molecule has 1 aromatic carbocycles. The normalized spacial score (nSPS) is 14.2. The van der Waals surface area contributed by atoms with E-state index in [1.807, 2.05) is 50.7 Å². The summed E-state index contributed by atoms with van der Waals surface area (Å²) in [4.78, 5) is 14.7. The van der Waals surface area contributed by atoms with Crippen LogP contribution in [0.5, 0.6) is 0 Å². The molecule has 2 rings (SSSR count). The summed E-state index contributed by atoms with van der Waals surface area (Å²) in [6.07, 6.45) is 4.90. The van der Waals surface area contributed by atoms with Gasteiger partial charge in [-0.05, 0) is 37.8 Å². The zero-order valence-corrected chi connectivity index (χ0v) is 16.0. The second-order valence-electron chi connectivity index (χ2n) is 6.47. The highest BCUT2D eigenvalue weighted by atomic mass is 35.5. The van der Waals surface area contributed by atoms with Crippen LogP contribution in [0.2, 0.25) is 0 Å². The predicted octanol–water partition coefficient (Wildman–Crippen LogP) is 3.35. The molecule has 2 N–H and O–H groups in total. The number of urea groups is 1. The Balaban J connectivity index is 0.00000288. The molecule has 1 aliphatic heterocycles. The maximum atomic E-state index is 12.5. The summed E-state index contributed by atoms with van der Waals surface area (Å²) >= 11 is 0. The van der Waals surface area contributed by atoms with Crippen LogP contribution >= 0.6 is 12.4 Å². The van der Waals surface area contributed by atoms with Gasteiger partial charge >= 0.3 is 12.0 Å². The third kappa shape index (κ3) is 5.41. The topological polar surface area (TPSA) is 47.4 Å². The predicted molar refractivity (Wildman–Crippen MR) is 102 cm³/mol. The molecule has 0 aromatic heterocycles. The van der Waals surface area contributed by atoms with Crippen LogP contribution in [0.15, 0.2) is 18.2 Å². The molecule has 0 unspecified atom stereocenters. The van der Waals surface area contributed by atoms with Crippen LogP contribution in [-0.4, -0.2) is 48.7 Å². The molecule has 1 aromatic rings. The van der Waals surface area contributed by atoms with Gasteiger partial charge in [0.25, 0.3) is 0 Å². The van der Waals surface area contributed by atoms with Gasteiger partial charge < -0.3 is 0 Å². The maximum Gasteiger partial charge on any atom is 0.384 e. The number of hydrogen-bond acceptors (Lipinski definition) is 1. The van der Waals surface area contributed by atoms with Crippen LogP contribution in [0.1, 0.15) is 36.8 Å². The number of likely N-dealkylation sites (tertiary alicyclic amines) is 1. The molecule has 0 aliphatic carbocycles. The van der Waals surface area contributed by atoms with Gasteiger partial charge in [-0.15, -0.1) is 12.4 Å². The van der Waals surface area contributed by atoms with Crippen molar-refractivity contribution in [1.29, 1.82) is 0 Å². The lowest BCUT2D eigenvalue weighted by Crippen LogP contribution is -2.50. The van der Waals surface area contributed by atoms with Gasteiger partial charge in [0.1, 0.15) is 0 Å². The average Bonchev–Trinajstić information content (AvgIpc) is 2.77. The molecule has 1 saturated heterocycles. The van der Waals surface area contributed by atoms with Crippen molar-refractivity contribution in [3.05, 3.63) is 29.3 Å². The highest BCUT2D eigenvalue weighted by Crippen LogP contribution is 2.19. The minimum Gasteiger partial charge on any atom is -0.294 e. The number of nitrogens with one attached hydrogen (secondary N) is 2. The summed E-state index contributed by atoms with van der Waals surface area (Å²) in [5.74, 6) is 0.871. The highest BCUT2D eigenvalue weighted by Gasteiger charge is 2.24. The fraction of sp³-hybridized carbons (Fsp3) is 0.556. The number of amides is 2. The summed E-state index contributed by atoms with van der Waals surface area (Å²) in [6.45, 7) is 6.01. The molecule has 134 valence electrons. The van der Waals surface area contributed by atoms with E-state index in [1.54, 1.807) is 0 Å². The van der Waals surface area contributed by atoms with Gasteiger partial charge in [-0.25, -0.2) is 4.79 Å². The number of carbonyl (C=O) groups excluding carboxylic acids is 1. The van der Waals surface area contributed by atoms with E-state index in [1.165, 1.54) is 25.7 Å². The molecule has 0 bridgehead atoms. The van der Waals surface area contributed by atoms with Gasteiger partial charge in [0.05, 0.1) is 27.2 Å². The van der Waals surface area contributed by atoms with Gasteiger partial charge in [0.15, 0.2) is 0 Å². The van der Waals surface area contributed by atoms with Crippen molar-refractivity contribution in [2.24, 2.45) is 0 Å². The van der Waals surface area contributed by atoms with Gasteiger partial charge in [0, 0.05) is 5.69 Å². The lowest BCUT2D eigenvalue weighted by atomic mass is 10.1. The molecule has 5 nitrogen and oxygen atoms in total. The number of rotatable bonds is 1. The lowest BCUT2D eigenvalue weighted by molar-refractivity contribution is -0.472. The molecule has 24 heavy (non-hydrogen) atoms. The van der Waals surface area contributed by atoms with Crippen LogP contribution in [0.25, 0.3) is 0 Å². The molecular formula is C18H30ClN4O+. The fourth-order valence-corrected chi connectivity index (χ4v) is 3.01. The van der Waals surface area contributed by atoms with Gasteiger partial charge in [-0.3, -0.25) is 14.8 Å². The lowest BCUT2D eigenvalue weighted by Gasteiger charge is -2.20. The molecule has 1 heterocycles. The number of guanidine groups is 1. The third-order valence-corrected chi connectivity index (χ3v) is 4.27. The van der Waals surface area contributed by atoms with Crippen molar-refractivity contribution in [1.82, 2.24) is 10.2 Å². The Kier molecular flexibility index (Phi) is 8.05. The third-order valence-electron chi connectivity index (χ3n) is 4.27. The molecule has 0 spiro atoms. The summed E-state index contributed by atoms with van der Waals surface area (Å²) in [5, 5.41) is 6.03. The first-order chi connectivity index (χ1) is 11.0. The quantitative estimate of drug-likeness (QED) is 0.462. The number of carbonyl (C=O) groups is 1. The Morgan fingerprint density at radius 3 is 2.08 bits per heavy atom. The number of halogens is 1. The summed E-state index contributed by atoms with van der Waals surface area (Å²) in [7, 11) is 3.94. The maximum absolute atomic E-state index is 12.5. The summed E-state index contributed by atoms with van der Waals surface area (Å²) < 4.78 is 1.98. The second kappa shape index (κ2) is 9.52. The average molecular weight is 354 g/mol. The number of hydrogen-bond donors (Lipinski definition) is 2. The van der Waals surface area contributed by atoms with Crippen molar-refractivity contribution in [2.45, 2.75) is 39.5 Å². The first kappa shape index (κ1) is 20.3. The Morgan fingerprint density at radius 1 is 1.04 bits per heavy atom. The standard InChI is InChI=1S/C18H28N4O.ClH/c1-14-10-9-11-15(2)16(14)19-17(23)20-18(21(3)4)22-12-7-5-6-8-13-22;/h9-11H,5-8,12-13H2,1-4H3,(H,19,23);1H/p+1. The van der Waals surface area contributed by atoms with E-state index in [2.05, 4.69) is 15.5 Å². The minimum absolute atomic E-state index is 0. The molecule has 2 amide bonds. The largest absolute Gasteiger partial charge is 0.384 e. The van der Waals surface area contributed by atoms with Crippen LogP contribution < -0.4 is 10.6 Å². The Morgan fingerprint density at radius 2 is 1.58 bits per heavy atom. The van der Waals surface area contributed by atoms with E-state index in [0.717, 1.165) is 35.9 Å². The molecule has 0 radical (unpaired) electrons. The number of nitrogens with zero attached hydrogens (tertiary/aromatic N) is 2. The smallest absolute Gasteiger partial charge is 0.294 e. The van der Waals surface area contributed by atoms with Crippen molar-refractivity contribution < 1.29 is 9.37 Å². The Bertz CT molecular complexity index is 568. The Hall–Kier alpha value is -1.75. The molecule has 1 aliphatic rings. The molecule has 1 fully saturated rings. The van der Waals surface area contributed by atoms with E-state index < -0.39 is 0 Å². The molecular weight excluding hydrogens is 324 g/mol. The molecule has 0 atom stereocenters. The first-order valence-corrected chi connectivity index (χ1v) is 8.42. The Labute approximate surface area is 151 Å².